The Morgan fingerprint density at radius 2 is 2.00 bits per heavy atom. The van der Waals surface area contributed by atoms with Gasteiger partial charge in [-0.3, -0.25) is 4.79 Å². The number of carbonyl (C=O) groups excluding carboxylic acids is 1. The molecular formula is C16H25NO3. The molecule has 4 nitrogen and oxygen atoms in total. The summed E-state index contributed by atoms with van der Waals surface area (Å²) in [5, 5.41) is 9.85. The molecule has 0 heterocycles. The summed E-state index contributed by atoms with van der Waals surface area (Å²) in [6, 6.07) is 3.29. The fraction of sp³-hybridized carbons (Fsp3) is 0.562. The van der Waals surface area contributed by atoms with Crippen molar-refractivity contribution < 1.29 is 14.6 Å². The molecular weight excluding hydrogens is 254 g/mol. The summed E-state index contributed by atoms with van der Waals surface area (Å²) in [4.78, 5) is 13.5. The standard InChI is InChI=1S/C16H25NO3/c1-5-13-10-14(12(2)18)15(19)11-16(13)20-9-7-6-8-17(3)4/h10-11,19H,5-9H2,1-4H3. The van der Waals surface area contributed by atoms with Crippen molar-refractivity contribution in [3.8, 4) is 11.5 Å². The third-order valence-corrected chi connectivity index (χ3v) is 3.20. The van der Waals surface area contributed by atoms with Crippen LogP contribution in [0.25, 0.3) is 0 Å². The number of aryl methyl sites for hydroxylation is 1. The Bertz CT molecular complexity index is 455. The van der Waals surface area contributed by atoms with Crippen LogP contribution in [0.2, 0.25) is 0 Å². The molecule has 4 heteroatoms. The monoisotopic (exact) mass is 279 g/mol. The molecule has 112 valence electrons. The largest absolute Gasteiger partial charge is 0.507 e. The molecule has 0 fully saturated rings. The van der Waals surface area contributed by atoms with Crippen molar-refractivity contribution in [3.63, 3.8) is 0 Å². The van der Waals surface area contributed by atoms with Crippen LogP contribution in [0, 0.1) is 0 Å². The SMILES string of the molecule is CCc1cc(C(C)=O)c(O)cc1OCCCCN(C)C. The molecule has 0 aromatic heterocycles. The van der Waals surface area contributed by atoms with Crippen LogP contribution in [0.1, 0.15) is 42.6 Å². The minimum atomic E-state index is -0.130. The first-order valence-corrected chi connectivity index (χ1v) is 7.10. The molecule has 20 heavy (non-hydrogen) atoms. The van der Waals surface area contributed by atoms with Crippen molar-refractivity contribution in [2.45, 2.75) is 33.1 Å². The molecule has 0 amide bonds. The van der Waals surface area contributed by atoms with Gasteiger partial charge < -0.3 is 14.7 Å². The highest BCUT2D eigenvalue weighted by molar-refractivity contribution is 5.97. The van der Waals surface area contributed by atoms with E-state index in [-0.39, 0.29) is 11.5 Å². The second-order valence-corrected chi connectivity index (χ2v) is 5.25. The minimum absolute atomic E-state index is 0.00186. The van der Waals surface area contributed by atoms with Crippen LogP contribution in [0.15, 0.2) is 12.1 Å². The lowest BCUT2D eigenvalue weighted by atomic mass is 10.0. The number of benzene rings is 1. The fourth-order valence-corrected chi connectivity index (χ4v) is 2.02. The molecule has 0 saturated carbocycles. The van der Waals surface area contributed by atoms with Crippen LogP contribution in [0.3, 0.4) is 0 Å². The van der Waals surface area contributed by atoms with Gasteiger partial charge in [0.15, 0.2) is 5.78 Å². The zero-order chi connectivity index (χ0) is 15.1. The van der Waals surface area contributed by atoms with Crippen molar-refractivity contribution in [1.82, 2.24) is 4.90 Å². The number of aromatic hydroxyl groups is 1. The number of hydrogen-bond donors (Lipinski definition) is 1. The van der Waals surface area contributed by atoms with Gasteiger partial charge in [0, 0.05) is 6.07 Å². The highest BCUT2D eigenvalue weighted by atomic mass is 16.5. The average Bonchev–Trinajstić information content (AvgIpc) is 2.37. The topological polar surface area (TPSA) is 49.8 Å². The number of nitrogens with zero attached hydrogens (tertiary/aromatic N) is 1. The predicted molar refractivity (Wildman–Crippen MR) is 80.8 cm³/mol. The van der Waals surface area contributed by atoms with Gasteiger partial charge in [0.2, 0.25) is 0 Å². The second-order valence-electron chi connectivity index (χ2n) is 5.25. The second kappa shape index (κ2) is 7.90. The molecule has 0 spiro atoms. The van der Waals surface area contributed by atoms with Gasteiger partial charge in [-0.05, 0) is 58.5 Å². The van der Waals surface area contributed by atoms with Crippen molar-refractivity contribution >= 4 is 5.78 Å². The van der Waals surface area contributed by atoms with Gasteiger partial charge in [-0.25, -0.2) is 0 Å². The Labute approximate surface area is 121 Å². The summed E-state index contributed by atoms with van der Waals surface area (Å²) in [5.41, 5.74) is 1.32. The fourth-order valence-electron chi connectivity index (χ4n) is 2.02. The first kappa shape index (κ1) is 16.5. The molecule has 1 aromatic rings. The summed E-state index contributed by atoms with van der Waals surface area (Å²) in [6.45, 7) is 5.13. The van der Waals surface area contributed by atoms with Gasteiger partial charge >= 0.3 is 0 Å². The van der Waals surface area contributed by atoms with E-state index in [1.54, 1.807) is 12.1 Å². The molecule has 0 radical (unpaired) electrons. The van der Waals surface area contributed by atoms with Crippen LogP contribution in [-0.2, 0) is 6.42 Å². The number of phenols is 1. The molecule has 1 aromatic carbocycles. The lowest BCUT2D eigenvalue weighted by Crippen LogP contribution is -2.13. The number of rotatable bonds is 8. The maximum atomic E-state index is 11.4. The van der Waals surface area contributed by atoms with Crippen molar-refractivity contribution in [2.75, 3.05) is 27.2 Å². The summed E-state index contributed by atoms with van der Waals surface area (Å²) in [5.74, 6) is 0.549. The van der Waals surface area contributed by atoms with Crippen LogP contribution in [0.4, 0.5) is 0 Å². The summed E-state index contributed by atoms with van der Waals surface area (Å²) >= 11 is 0. The highest BCUT2D eigenvalue weighted by Gasteiger charge is 2.12. The van der Waals surface area contributed by atoms with Crippen molar-refractivity contribution in [2.24, 2.45) is 0 Å². The van der Waals surface area contributed by atoms with E-state index in [9.17, 15) is 9.90 Å². The smallest absolute Gasteiger partial charge is 0.163 e. The zero-order valence-corrected chi connectivity index (χ0v) is 12.9. The Balaban J connectivity index is 2.65. The number of carbonyl (C=O) groups is 1. The molecule has 0 saturated heterocycles. The maximum Gasteiger partial charge on any atom is 0.163 e. The normalized spacial score (nSPS) is 10.8. The third-order valence-electron chi connectivity index (χ3n) is 3.20. The third kappa shape index (κ3) is 4.85. The Morgan fingerprint density at radius 1 is 1.30 bits per heavy atom. The summed E-state index contributed by atoms with van der Waals surface area (Å²) in [6.07, 6.45) is 2.82. The van der Waals surface area contributed by atoms with E-state index in [2.05, 4.69) is 19.0 Å². The van der Waals surface area contributed by atoms with Crippen LogP contribution in [-0.4, -0.2) is 43.0 Å². The number of hydrogen-bond acceptors (Lipinski definition) is 4. The Hall–Kier alpha value is -1.55. The van der Waals surface area contributed by atoms with Gasteiger partial charge in [0.1, 0.15) is 11.5 Å². The van der Waals surface area contributed by atoms with Gasteiger partial charge in [-0.15, -0.1) is 0 Å². The number of unbranched alkanes of at least 4 members (excludes halogenated alkanes) is 1. The number of phenolic OH excluding ortho intramolecular Hbond substituents is 1. The number of Topliss-reactive ketones (excluding diaryl/α,β-unsaturated/α-hetero) is 1. The van der Waals surface area contributed by atoms with E-state index in [1.165, 1.54) is 6.92 Å². The van der Waals surface area contributed by atoms with Gasteiger partial charge in [0.05, 0.1) is 12.2 Å². The lowest BCUT2D eigenvalue weighted by molar-refractivity contribution is 0.101. The lowest BCUT2D eigenvalue weighted by Gasteiger charge is -2.14. The molecule has 0 aliphatic carbocycles. The molecule has 0 unspecified atom stereocenters. The molecule has 0 aliphatic rings. The van der Waals surface area contributed by atoms with Gasteiger partial charge in [0.25, 0.3) is 0 Å². The van der Waals surface area contributed by atoms with E-state index >= 15 is 0 Å². The van der Waals surface area contributed by atoms with E-state index in [0.717, 1.165) is 31.4 Å². The first-order valence-electron chi connectivity index (χ1n) is 7.10. The number of ether oxygens (including phenoxy) is 1. The molecule has 0 atom stereocenters. The predicted octanol–water partition coefficient (Wildman–Crippen LogP) is 2.88. The maximum absolute atomic E-state index is 11.4. The van der Waals surface area contributed by atoms with Crippen molar-refractivity contribution in [1.29, 1.82) is 0 Å². The van der Waals surface area contributed by atoms with Crippen LogP contribution >= 0.6 is 0 Å². The van der Waals surface area contributed by atoms with E-state index in [1.807, 2.05) is 6.92 Å². The molecule has 1 rings (SSSR count). The van der Waals surface area contributed by atoms with Gasteiger partial charge in [-0.1, -0.05) is 6.92 Å². The Morgan fingerprint density at radius 3 is 2.55 bits per heavy atom. The summed E-state index contributed by atoms with van der Waals surface area (Å²) in [7, 11) is 4.10. The minimum Gasteiger partial charge on any atom is -0.507 e. The Kier molecular flexibility index (Phi) is 6.52. The van der Waals surface area contributed by atoms with Crippen molar-refractivity contribution in [3.05, 3.63) is 23.3 Å². The zero-order valence-electron chi connectivity index (χ0n) is 12.9. The average molecular weight is 279 g/mol. The van der Waals surface area contributed by atoms with E-state index in [4.69, 9.17) is 4.74 Å². The molecule has 0 bridgehead atoms. The summed E-state index contributed by atoms with van der Waals surface area (Å²) < 4.78 is 5.74. The molecule has 1 N–H and O–H groups in total. The van der Waals surface area contributed by atoms with Gasteiger partial charge in [-0.2, -0.15) is 0 Å². The highest BCUT2D eigenvalue weighted by Crippen LogP contribution is 2.29. The van der Waals surface area contributed by atoms with Crippen LogP contribution < -0.4 is 4.74 Å². The first-order chi connectivity index (χ1) is 9.45. The van der Waals surface area contributed by atoms with E-state index < -0.39 is 0 Å². The van der Waals surface area contributed by atoms with Crippen LogP contribution in [0.5, 0.6) is 11.5 Å². The molecule has 0 aliphatic heterocycles. The number of ketones is 1. The quantitative estimate of drug-likeness (QED) is 0.587. The van der Waals surface area contributed by atoms with E-state index in [0.29, 0.717) is 17.9 Å².